The summed E-state index contributed by atoms with van der Waals surface area (Å²) in [7, 11) is -3.95. The molecule has 0 heterocycles. The molecule has 2 atom stereocenters. The summed E-state index contributed by atoms with van der Waals surface area (Å²) in [6.07, 6.45) is 0.930. The Morgan fingerprint density at radius 3 is 2.31 bits per heavy atom. The molecule has 224 valence electrons. The minimum atomic E-state index is -3.95. The van der Waals surface area contributed by atoms with E-state index in [0.29, 0.717) is 17.0 Å². The van der Waals surface area contributed by atoms with Crippen LogP contribution in [0.3, 0.4) is 0 Å². The Balaban J connectivity index is 1.85. The highest BCUT2D eigenvalue weighted by atomic mass is 35.5. The molecule has 0 unspecified atom stereocenters. The van der Waals surface area contributed by atoms with Crippen LogP contribution in [-0.4, -0.2) is 53.8 Å². The number of aryl methyl sites for hydroxylation is 1. The van der Waals surface area contributed by atoms with E-state index in [1.807, 2.05) is 6.92 Å². The third-order valence-electron chi connectivity index (χ3n) is 6.39. The number of ether oxygens (including phenoxy) is 1. The predicted molar refractivity (Wildman–Crippen MR) is 162 cm³/mol. The summed E-state index contributed by atoms with van der Waals surface area (Å²) in [5.74, 6) is -1.18. The van der Waals surface area contributed by atoms with Crippen LogP contribution in [0.4, 0.5) is 4.79 Å². The van der Waals surface area contributed by atoms with Gasteiger partial charge >= 0.3 is 12.1 Å². The van der Waals surface area contributed by atoms with Crippen LogP contribution in [-0.2, 0) is 25.8 Å². The van der Waals surface area contributed by atoms with Crippen LogP contribution >= 0.6 is 11.6 Å². The number of carboxylic acids is 1. The van der Waals surface area contributed by atoms with Gasteiger partial charge in [0.2, 0.25) is 9.84 Å². The van der Waals surface area contributed by atoms with Crippen molar-refractivity contribution in [3.05, 3.63) is 100 Å². The Morgan fingerprint density at radius 2 is 1.71 bits per heavy atom. The van der Waals surface area contributed by atoms with Gasteiger partial charge in [-0.15, -0.1) is 0 Å². The van der Waals surface area contributed by atoms with Gasteiger partial charge in [0.15, 0.2) is 0 Å². The Bertz CT molecular complexity index is 1560. The standard InChI is InChI=1S/C32H36ClNO7S/c1-21-9-15-29(25(17-21)12-16-30(36)37)42(39,40)27-13-10-23(11-14-27)18-22(2)34(31(38)41-32(3,4)5)20-28(35)24-7-6-8-26(33)19-24/h6-17,19,22,28,35H,18,20H2,1-5H3,(H,36,37)/b16-12+/t22-,28+/m1/s1. The molecular formula is C32H36ClNO7S. The van der Waals surface area contributed by atoms with E-state index in [4.69, 9.17) is 21.4 Å². The molecule has 0 aromatic heterocycles. The quantitative estimate of drug-likeness (QED) is 0.251. The van der Waals surface area contributed by atoms with Crippen molar-refractivity contribution in [2.24, 2.45) is 0 Å². The fraction of sp³-hybridized carbons (Fsp3) is 0.312. The van der Waals surface area contributed by atoms with Crippen LogP contribution < -0.4 is 0 Å². The smallest absolute Gasteiger partial charge is 0.410 e. The van der Waals surface area contributed by atoms with Gasteiger partial charge in [0.25, 0.3) is 0 Å². The molecule has 0 saturated carbocycles. The van der Waals surface area contributed by atoms with Crippen molar-refractivity contribution < 1.29 is 33.0 Å². The summed E-state index contributed by atoms with van der Waals surface area (Å²) in [5.41, 5.74) is 1.65. The summed E-state index contributed by atoms with van der Waals surface area (Å²) < 4.78 is 32.5. The summed E-state index contributed by atoms with van der Waals surface area (Å²) in [5, 5.41) is 20.4. The van der Waals surface area contributed by atoms with Crippen LogP contribution in [0.5, 0.6) is 0 Å². The van der Waals surface area contributed by atoms with Crippen molar-refractivity contribution in [1.82, 2.24) is 4.90 Å². The number of rotatable bonds is 10. The summed E-state index contributed by atoms with van der Waals surface area (Å²) in [4.78, 5) is 25.7. The zero-order chi connectivity index (χ0) is 31.2. The second-order valence-corrected chi connectivity index (χ2v) is 13.5. The summed E-state index contributed by atoms with van der Waals surface area (Å²) >= 11 is 6.09. The molecule has 8 nitrogen and oxygen atoms in total. The number of benzene rings is 3. The topological polar surface area (TPSA) is 121 Å². The van der Waals surface area contributed by atoms with Gasteiger partial charge in [0.05, 0.1) is 22.4 Å². The highest BCUT2D eigenvalue weighted by Crippen LogP contribution is 2.27. The molecule has 0 spiro atoms. The van der Waals surface area contributed by atoms with E-state index in [1.165, 1.54) is 29.2 Å². The fourth-order valence-electron chi connectivity index (χ4n) is 4.35. The Kier molecular flexibility index (Phi) is 10.6. The molecule has 2 N–H and O–H groups in total. The first-order chi connectivity index (χ1) is 19.6. The number of hydrogen-bond donors (Lipinski definition) is 2. The number of aliphatic hydroxyl groups is 1. The van der Waals surface area contributed by atoms with Crippen LogP contribution in [0, 0.1) is 6.92 Å². The molecule has 0 saturated heterocycles. The molecule has 0 aliphatic carbocycles. The fourth-order valence-corrected chi connectivity index (χ4v) is 5.98. The largest absolute Gasteiger partial charge is 0.478 e. The molecular weight excluding hydrogens is 578 g/mol. The van der Waals surface area contributed by atoms with Gasteiger partial charge in [-0.1, -0.05) is 53.6 Å². The zero-order valence-electron chi connectivity index (χ0n) is 24.2. The molecule has 0 radical (unpaired) electrons. The highest BCUT2D eigenvalue weighted by Gasteiger charge is 2.29. The number of nitrogens with zero attached hydrogens (tertiary/aromatic N) is 1. The first-order valence-corrected chi connectivity index (χ1v) is 15.2. The van der Waals surface area contributed by atoms with E-state index in [2.05, 4.69) is 0 Å². The van der Waals surface area contributed by atoms with E-state index in [0.717, 1.165) is 17.2 Å². The second-order valence-electron chi connectivity index (χ2n) is 11.1. The number of halogens is 1. The van der Waals surface area contributed by atoms with E-state index in [-0.39, 0.29) is 21.9 Å². The molecule has 1 amide bonds. The maximum absolute atomic E-state index is 13.5. The Hall–Kier alpha value is -3.66. The van der Waals surface area contributed by atoms with Crippen LogP contribution in [0.25, 0.3) is 6.08 Å². The van der Waals surface area contributed by atoms with Gasteiger partial charge in [-0.3, -0.25) is 0 Å². The lowest BCUT2D eigenvalue weighted by atomic mass is 10.0. The van der Waals surface area contributed by atoms with Crippen LogP contribution in [0.15, 0.2) is 82.6 Å². The van der Waals surface area contributed by atoms with Gasteiger partial charge in [-0.25, -0.2) is 18.0 Å². The minimum Gasteiger partial charge on any atom is -0.478 e. The number of sulfone groups is 1. The van der Waals surface area contributed by atoms with Crippen molar-refractivity contribution in [3.8, 4) is 0 Å². The van der Waals surface area contributed by atoms with Gasteiger partial charge in [0.1, 0.15) is 5.60 Å². The first kappa shape index (κ1) is 32.8. The Morgan fingerprint density at radius 1 is 1.05 bits per heavy atom. The predicted octanol–water partition coefficient (Wildman–Crippen LogP) is 6.48. The lowest BCUT2D eigenvalue weighted by Crippen LogP contribution is -2.45. The molecule has 3 aromatic carbocycles. The third-order valence-corrected chi connectivity index (χ3v) is 8.47. The van der Waals surface area contributed by atoms with Crippen LogP contribution in [0.2, 0.25) is 5.02 Å². The number of carbonyl (C=O) groups excluding carboxylic acids is 1. The first-order valence-electron chi connectivity index (χ1n) is 13.4. The average Bonchev–Trinajstić information content (AvgIpc) is 2.89. The maximum atomic E-state index is 13.5. The molecule has 0 bridgehead atoms. The maximum Gasteiger partial charge on any atom is 0.410 e. The second kappa shape index (κ2) is 13.5. The lowest BCUT2D eigenvalue weighted by Gasteiger charge is -2.33. The normalized spacial score (nSPS) is 13.5. The summed E-state index contributed by atoms with van der Waals surface area (Å²) in [6, 6.07) is 17.4. The SMILES string of the molecule is Cc1ccc(S(=O)(=O)c2ccc(C[C@@H](C)N(C[C@H](O)c3cccc(Cl)c3)C(=O)OC(C)(C)C)cc2)c(/C=C/C(=O)O)c1. The number of amides is 1. The van der Waals surface area contributed by atoms with Crippen molar-refractivity contribution in [1.29, 1.82) is 0 Å². The monoisotopic (exact) mass is 613 g/mol. The molecule has 0 aliphatic heterocycles. The van der Waals surface area contributed by atoms with E-state index in [1.54, 1.807) is 76.2 Å². The molecule has 0 fully saturated rings. The minimum absolute atomic E-state index is 0.00202. The van der Waals surface area contributed by atoms with Crippen molar-refractivity contribution in [3.63, 3.8) is 0 Å². The molecule has 3 aromatic rings. The van der Waals surface area contributed by atoms with Gasteiger partial charge in [-0.05, 0) is 94.1 Å². The number of aliphatic carboxylic acids is 1. The van der Waals surface area contributed by atoms with Crippen LogP contribution in [0.1, 0.15) is 56.1 Å². The molecule has 3 rings (SSSR count). The van der Waals surface area contributed by atoms with Gasteiger partial charge in [0, 0.05) is 17.1 Å². The Labute approximate surface area is 252 Å². The molecule has 0 aliphatic rings. The van der Waals surface area contributed by atoms with E-state index in [9.17, 15) is 23.1 Å². The lowest BCUT2D eigenvalue weighted by molar-refractivity contribution is -0.131. The summed E-state index contributed by atoms with van der Waals surface area (Å²) in [6.45, 7) is 8.86. The average molecular weight is 614 g/mol. The number of carbonyl (C=O) groups is 2. The van der Waals surface area contributed by atoms with Gasteiger partial charge in [-0.2, -0.15) is 0 Å². The molecule has 10 heteroatoms. The third kappa shape index (κ3) is 8.92. The number of carboxylic acid groups (broad SMARTS) is 1. The van der Waals surface area contributed by atoms with Gasteiger partial charge < -0.3 is 19.8 Å². The number of hydrogen-bond acceptors (Lipinski definition) is 6. The van der Waals surface area contributed by atoms with E-state index >= 15 is 0 Å². The highest BCUT2D eigenvalue weighted by molar-refractivity contribution is 7.91. The van der Waals surface area contributed by atoms with E-state index < -0.39 is 39.6 Å². The van der Waals surface area contributed by atoms with Crippen molar-refractivity contribution >= 4 is 39.6 Å². The number of aliphatic hydroxyl groups excluding tert-OH is 1. The van der Waals surface area contributed by atoms with Crippen molar-refractivity contribution in [2.75, 3.05) is 6.54 Å². The molecule has 42 heavy (non-hydrogen) atoms. The zero-order valence-corrected chi connectivity index (χ0v) is 25.8. The van der Waals surface area contributed by atoms with Crippen molar-refractivity contribution in [2.45, 2.75) is 68.6 Å².